The summed E-state index contributed by atoms with van der Waals surface area (Å²) in [6, 6.07) is 0. The number of quaternary nitrogens is 1. The molecular formula is C3H11N4+3. The molecule has 0 aliphatic heterocycles. The number of amidine groups is 2. The van der Waals surface area contributed by atoms with Gasteiger partial charge >= 0.3 is 5.84 Å². The van der Waals surface area contributed by atoms with Gasteiger partial charge in [0.25, 0.3) is 5.84 Å². The first kappa shape index (κ1) is 6.10. The minimum absolute atomic E-state index is 0.313. The highest BCUT2D eigenvalue weighted by molar-refractivity contribution is 5.91. The molecule has 0 saturated heterocycles. The fourth-order valence-electron chi connectivity index (χ4n) is 0.262. The van der Waals surface area contributed by atoms with Crippen molar-refractivity contribution in [3.8, 4) is 0 Å². The second-order valence-electron chi connectivity index (χ2n) is 1.41. The molecule has 4 heteroatoms. The summed E-state index contributed by atoms with van der Waals surface area (Å²) < 4.78 is 0. The number of rotatable bonds is 2. The van der Waals surface area contributed by atoms with E-state index in [4.69, 9.17) is 16.6 Å². The normalized spacial score (nSPS) is 8.14. The van der Waals surface area contributed by atoms with E-state index in [9.17, 15) is 0 Å². The molecule has 0 saturated carbocycles. The summed E-state index contributed by atoms with van der Waals surface area (Å²) in [5.74, 6) is 0.813. The summed E-state index contributed by atoms with van der Waals surface area (Å²) >= 11 is 0. The van der Waals surface area contributed by atoms with Crippen LogP contribution in [0.5, 0.6) is 0 Å². The molecule has 0 aromatic carbocycles. The van der Waals surface area contributed by atoms with Gasteiger partial charge in [0.2, 0.25) is 0 Å². The molecule has 0 unspecified atom stereocenters. The molecule has 9 N–H and O–H groups in total. The van der Waals surface area contributed by atoms with Gasteiger partial charge < -0.3 is 0 Å². The fraction of sp³-hybridized carbons (Fsp3) is 0.333. The van der Waals surface area contributed by atoms with E-state index < -0.39 is 0 Å². The molecule has 4 nitrogen and oxygen atoms in total. The molecule has 0 fully saturated rings. The van der Waals surface area contributed by atoms with E-state index in [1.807, 2.05) is 0 Å². The van der Waals surface area contributed by atoms with Crippen molar-refractivity contribution in [3.63, 3.8) is 0 Å². The summed E-state index contributed by atoms with van der Waals surface area (Å²) in [7, 11) is 0. The highest BCUT2D eigenvalue weighted by Crippen LogP contribution is 1.59. The Hall–Kier alpha value is -0.900. The molecule has 0 bridgehead atoms. The summed E-state index contributed by atoms with van der Waals surface area (Å²) in [5.41, 5.74) is 8.44. The van der Waals surface area contributed by atoms with E-state index in [0.29, 0.717) is 18.1 Å². The molecule has 0 aromatic rings. The van der Waals surface area contributed by atoms with Crippen molar-refractivity contribution in [1.29, 1.82) is 0 Å². The van der Waals surface area contributed by atoms with Crippen molar-refractivity contribution in [2.75, 3.05) is 0 Å². The SMILES string of the molecule is NC(=[NH2+])CC(=[NH2+])[NH3+]. The topological polar surface area (TPSA) is 105 Å². The molecule has 40 valence electrons. The summed E-state index contributed by atoms with van der Waals surface area (Å²) in [6.07, 6.45) is 0.417. The van der Waals surface area contributed by atoms with Crippen LogP contribution in [0.1, 0.15) is 6.42 Å². The third-order valence-electron chi connectivity index (χ3n) is 0.431. The molecule has 7 heavy (non-hydrogen) atoms. The van der Waals surface area contributed by atoms with Gasteiger partial charge in [-0.1, -0.05) is 0 Å². The van der Waals surface area contributed by atoms with Gasteiger partial charge in [-0.05, 0) is 0 Å². The van der Waals surface area contributed by atoms with Gasteiger partial charge in [0, 0.05) is 0 Å². The van der Waals surface area contributed by atoms with Crippen LogP contribution in [-0.4, -0.2) is 11.7 Å². The average Bonchev–Trinajstić information content (AvgIpc) is 1.27. The molecule has 0 aromatic heterocycles. The van der Waals surface area contributed by atoms with Gasteiger partial charge in [-0.25, -0.2) is 5.41 Å². The Bertz CT molecular complexity index is 83.1. The Balaban J connectivity index is 3.32. The Morgan fingerprint density at radius 2 is 2.00 bits per heavy atom. The van der Waals surface area contributed by atoms with Gasteiger partial charge in [-0.15, -0.1) is 0 Å². The van der Waals surface area contributed by atoms with E-state index in [2.05, 4.69) is 5.73 Å². The third-order valence-corrected chi connectivity index (χ3v) is 0.431. The number of hydrogen-bond acceptors (Lipinski definition) is 0. The lowest BCUT2D eigenvalue weighted by Crippen LogP contribution is -2.72. The van der Waals surface area contributed by atoms with E-state index >= 15 is 0 Å². The van der Waals surface area contributed by atoms with Crippen LogP contribution in [0, 0.1) is 0 Å². The van der Waals surface area contributed by atoms with E-state index in [1.165, 1.54) is 0 Å². The molecule has 0 spiro atoms. The van der Waals surface area contributed by atoms with Crippen LogP contribution >= 0.6 is 0 Å². The van der Waals surface area contributed by atoms with Crippen LogP contribution < -0.4 is 22.3 Å². The second kappa shape index (κ2) is 2.30. The minimum atomic E-state index is 0.313. The molecule has 0 amide bonds. The van der Waals surface area contributed by atoms with Crippen LogP contribution in [0.3, 0.4) is 0 Å². The van der Waals surface area contributed by atoms with Crippen molar-refractivity contribution in [3.05, 3.63) is 0 Å². The van der Waals surface area contributed by atoms with Crippen LogP contribution in [0.2, 0.25) is 0 Å². The molecular weight excluding hydrogens is 92.1 g/mol. The Labute approximate surface area is 41.5 Å². The van der Waals surface area contributed by atoms with Crippen molar-refractivity contribution in [2.24, 2.45) is 5.73 Å². The largest absolute Gasteiger partial charge is 0.342 e. The van der Waals surface area contributed by atoms with Gasteiger partial charge in [-0.2, -0.15) is 0 Å². The summed E-state index contributed by atoms with van der Waals surface area (Å²) in [6.45, 7) is 0. The predicted octanol–water partition coefficient (Wildman–Crippen LogP) is -5.11. The summed E-state index contributed by atoms with van der Waals surface area (Å²) in [5, 5.41) is 10.2. The second-order valence-corrected chi connectivity index (χ2v) is 1.41. The maximum atomic E-state index is 5.12. The predicted molar refractivity (Wildman–Crippen MR) is 25.6 cm³/mol. The van der Waals surface area contributed by atoms with Crippen LogP contribution in [0.25, 0.3) is 0 Å². The molecule has 0 heterocycles. The fourth-order valence-corrected chi connectivity index (χ4v) is 0.262. The van der Waals surface area contributed by atoms with Gasteiger partial charge in [0.05, 0.1) is 0 Å². The van der Waals surface area contributed by atoms with Crippen molar-refractivity contribution < 1.29 is 16.6 Å². The Morgan fingerprint density at radius 3 is 2.00 bits per heavy atom. The Kier molecular flexibility index (Phi) is 2.01. The minimum Gasteiger partial charge on any atom is -0.291 e. The lowest BCUT2D eigenvalue weighted by molar-refractivity contribution is -0.304. The van der Waals surface area contributed by atoms with E-state index in [1.54, 1.807) is 0 Å². The zero-order valence-electron chi connectivity index (χ0n) is 4.15. The maximum Gasteiger partial charge on any atom is 0.342 e. The van der Waals surface area contributed by atoms with Gasteiger partial charge in [0.1, 0.15) is 0 Å². The highest BCUT2D eigenvalue weighted by Gasteiger charge is 2.04. The van der Waals surface area contributed by atoms with E-state index in [0.717, 1.165) is 0 Å². The maximum absolute atomic E-state index is 5.12. The lowest BCUT2D eigenvalue weighted by atomic mass is 10.4. The Morgan fingerprint density at radius 1 is 1.57 bits per heavy atom. The first-order valence-electron chi connectivity index (χ1n) is 1.93. The lowest BCUT2D eigenvalue weighted by Gasteiger charge is -1.75. The summed E-state index contributed by atoms with van der Waals surface area (Å²) in [4.78, 5) is 0. The highest BCUT2D eigenvalue weighted by atomic mass is 14.8. The standard InChI is InChI=1S/C3H8N4/c4-2(5)1-3(6)7/h1H2,(H3,4,5)(H3,6,7)/p+3. The average molecular weight is 103 g/mol. The molecule has 0 aliphatic rings. The van der Waals surface area contributed by atoms with Crippen LogP contribution in [0.15, 0.2) is 0 Å². The molecule has 0 radical (unpaired) electrons. The van der Waals surface area contributed by atoms with Gasteiger partial charge in [-0.3, -0.25) is 16.9 Å². The van der Waals surface area contributed by atoms with Crippen LogP contribution in [-0.2, 0) is 0 Å². The monoisotopic (exact) mass is 103 g/mol. The molecule has 0 atom stereocenters. The molecule has 0 aliphatic carbocycles. The zero-order valence-corrected chi connectivity index (χ0v) is 4.15. The molecule has 0 rings (SSSR count). The van der Waals surface area contributed by atoms with Gasteiger partial charge in [0.15, 0.2) is 6.42 Å². The van der Waals surface area contributed by atoms with Crippen molar-refractivity contribution in [2.45, 2.75) is 6.42 Å². The van der Waals surface area contributed by atoms with Crippen LogP contribution in [0.4, 0.5) is 0 Å². The van der Waals surface area contributed by atoms with Crippen molar-refractivity contribution >= 4 is 11.7 Å². The first-order valence-corrected chi connectivity index (χ1v) is 1.93. The quantitative estimate of drug-likeness (QED) is 0.204. The number of hydrogen-bond donors (Lipinski definition) is 4. The first-order chi connectivity index (χ1) is 3.13. The number of nitrogens with two attached hydrogens (primary N) is 3. The third kappa shape index (κ3) is 5.10. The van der Waals surface area contributed by atoms with Crippen molar-refractivity contribution in [1.82, 2.24) is 0 Å². The smallest absolute Gasteiger partial charge is 0.291 e. The van der Waals surface area contributed by atoms with E-state index in [-0.39, 0.29) is 0 Å². The zero-order chi connectivity index (χ0) is 5.86.